The Morgan fingerprint density at radius 3 is 2.60 bits per heavy atom. The van der Waals surface area contributed by atoms with Crippen LogP contribution < -0.4 is 5.32 Å². The molecule has 1 fully saturated rings. The predicted octanol–water partition coefficient (Wildman–Crippen LogP) is 0.369. The molecule has 0 saturated carbocycles. The molecule has 2 atom stereocenters. The van der Waals surface area contributed by atoms with E-state index in [0.29, 0.717) is 18.1 Å². The molecule has 0 aromatic rings. The SMILES string of the molecule is CC[C@H](NC(=O)N1CCSCC1S(=O)(=O)CC)C(=O)O. The monoisotopic (exact) mass is 324 g/mol. The van der Waals surface area contributed by atoms with Crippen molar-refractivity contribution in [2.24, 2.45) is 0 Å². The predicted molar refractivity (Wildman–Crippen MR) is 77.5 cm³/mol. The molecule has 1 saturated heterocycles. The highest BCUT2D eigenvalue weighted by atomic mass is 32.2. The Bertz CT molecular complexity index is 465. The normalized spacial score (nSPS) is 21.3. The fraction of sp³-hybridized carbons (Fsp3) is 0.818. The molecule has 0 radical (unpaired) electrons. The van der Waals surface area contributed by atoms with Gasteiger partial charge in [-0.3, -0.25) is 0 Å². The fourth-order valence-electron chi connectivity index (χ4n) is 1.87. The Morgan fingerprint density at radius 1 is 1.45 bits per heavy atom. The first-order valence-electron chi connectivity index (χ1n) is 6.42. The summed E-state index contributed by atoms with van der Waals surface area (Å²) in [4.78, 5) is 24.3. The molecule has 1 aliphatic rings. The summed E-state index contributed by atoms with van der Waals surface area (Å²) >= 11 is 1.48. The van der Waals surface area contributed by atoms with Gasteiger partial charge in [-0.25, -0.2) is 18.0 Å². The molecule has 116 valence electrons. The van der Waals surface area contributed by atoms with E-state index in [-0.39, 0.29) is 12.2 Å². The zero-order valence-electron chi connectivity index (χ0n) is 11.5. The van der Waals surface area contributed by atoms with Crippen LogP contribution in [-0.4, -0.2) is 65.6 Å². The average Bonchev–Trinajstić information content (AvgIpc) is 2.44. The molecule has 7 nitrogen and oxygen atoms in total. The molecule has 0 aliphatic carbocycles. The van der Waals surface area contributed by atoms with E-state index in [2.05, 4.69) is 5.32 Å². The lowest BCUT2D eigenvalue weighted by atomic mass is 10.2. The molecule has 20 heavy (non-hydrogen) atoms. The average molecular weight is 324 g/mol. The van der Waals surface area contributed by atoms with Gasteiger partial charge in [0.1, 0.15) is 11.4 Å². The number of carboxylic acid groups (broad SMARTS) is 1. The summed E-state index contributed by atoms with van der Waals surface area (Å²) in [6, 6.07) is -1.62. The second kappa shape index (κ2) is 7.16. The number of carbonyl (C=O) groups excluding carboxylic acids is 1. The summed E-state index contributed by atoms with van der Waals surface area (Å²) < 4.78 is 24.0. The fourth-order valence-corrected chi connectivity index (χ4v) is 4.84. The Kier molecular flexibility index (Phi) is 6.12. The van der Waals surface area contributed by atoms with Gasteiger partial charge in [0.2, 0.25) is 0 Å². The number of carboxylic acids is 1. The number of nitrogens with one attached hydrogen (secondary N) is 1. The second-order valence-electron chi connectivity index (χ2n) is 4.42. The van der Waals surface area contributed by atoms with Gasteiger partial charge in [-0.2, -0.15) is 11.8 Å². The summed E-state index contributed by atoms with van der Waals surface area (Å²) in [7, 11) is -3.38. The van der Waals surface area contributed by atoms with Crippen molar-refractivity contribution in [3.8, 4) is 0 Å². The number of nitrogens with zero attached hydrogens (tertiary/aromatic N) is 1. The first kappa shape index (κ1) is 17.1. The number of sulfone groups is 1. The molecule has 1 rings (SSSR count). The third kappa shape index (κ3) is 4.02. The first-order chi connectivity index (χ1) is 9.33. The van der Waals surface area contributed by atoms with Crippen molar-refractivity contribution in [2.45, 2.75) is 31.7 Å². The van der Waals surface area contributed by atoms with E-state index >= 15 is 0 Å². The van der Waals surface area contributed by atoms with Crippen molar-refractivity contribution in [3.63, 3.8) is 0 Å². The van der Waals surface area contributed by atoms with Crippen LogP contribution in [0.5, 0.6) is 0 Å². The lowest BCUT2D eigenvalue weighted by molar-refractivity contribution is -0.139. The van der Waals surface area contributed by atoms with E-state index in [1.54, 1.807) is 6.92 Å². The van der Waals surface area contributed by atoms with Crippen LogP contribution in [0, 0.1) is 0 Å². The van der Waals surface area contributed by atoms with Crippen LogP contribution in [0.15, 0.2) is 0 Å². The van der Waals surface area contributed by atoms with Gasteiger partial charge < -0.3 is 15.3 Å². The third-order valence-corrected chi connectivity index (χ3v) is 6.46. The summed E-state index contributed by atoms with van der Waals surface area (Å²) in [6.07, 6.45) is 0.245. The molecule has 1 aliphatic heterocycles. The number of aliphatic carboxylic acids is 1. The molecular weight excluding hydrogens is 304 g/mol. The van der Waals surface area contributed by atoms with Crippen LogP contribution in [0.2, 0.25) is 0 Å². The zero-order chi connectivity index (χ0) is 15.3. The molecule has 9 heteroatoms. The van der Waals surface area contributed by atoms with Crippen LogP contribution >= 0.6 is 11.8 Å². The van der Waals surface area contributed by atoms with Gasteiger partial charge in [0.05, 0.1) is 0 Å². The summed E-state index contributed by atoms with van der Waals surface area (Å²) in [5.74, 6) is -0.194. The number of urea groups is 1. The van der Waals surface area contributed by atoms with E-state index in [4.69, 9.17) is 5.11 Å². The lowest BCUT2D eigenvalue weighted by Crippen LogP contribution is -2.56. The molecule has 0 bridgehead atoms. The highest BCUT2D eigenvalue weighted by Crippen LogP contribution is 2.21. The minimum Gasteiger partial charge on any atom is -0.480 e. The van der Waals surface area contributed by atoms with E-state index in [9.17, 15) is 18.0 Å². The Hall–Kier alpha value is -0.960. The van der Waals surface area contributed by atoms with Crippen molar-refractivity contribution >= 4 is 33.6 Å². The highest BCUT2D eigenvalue weighted by molar-refractivity contribution is 8.01. The smallest absolute Gasteiger partial charge is 0.326 e. The van der Waals surface area contributed by atoms with Gasteiger partial charge in [-0.15, -0.1) is 0 Å². The Morgan fingerprint density at radius 2 is 2.10 bits per heavy atom. The molecule has 1 unspecified atom stereocenters. The number of thioether (sulfide) groups is 1. The summed E-state index contributed by atoms with van der Waals surface area (Å²) in [5, 5.41) is 10.4. The van der Waals surface area contributed by atoms with E-state index in [0.717, 1.165) is 0 Å². The maximum atomic E-state index is 12.1. The van der Waals surface area contributed by atoms with Gasteiger partial charge in [0, 0.05) is 23.8 Å². The van der Waals surface area contributed by atoms with Crippen LogP contribution in [0.25, 0.3) is 0 Å². The second-order valence-corrected chi connectivity index (χ2v) is 8.02. The van der Waals surface area contributed by atoms with Crippen molar-refractivity contribution in [2.75, 3.05) is 23.8 Å². The topological polar surface area (TPSA) is 104 Å². The van der Waals surface area contributed by atoms with Crippen LogP contribution in [0.3, 0.4) is 0 Å². The van der Waals surface area contributed by atoms with Gasteiger partial charge in [-0.05, 0) is 6.42 Å². The molecule has 0 aromatic carbocycles. The third-order valence-electron chi connectivity index (χ3n) is 3.17. The maximum Gasteiger partial charge on any atom is 0.326 e. The van der Waals surface area contributed by atoms with Crippen LogP contribution in [0.1, 0.15) is 20.3 Å². The van der Waals surface area contributed by atoms with Crippen LogP contribution in [-0.2, 0) is 14.6 Å². The van der Waals surface area contributed by atoms with E-state index in [1.807, 2.05) is 0 Å². The van der Waals surface area contributed by atoms with Gasteiger partial charge in [0.15, 0.2) is 9.84 Å². The lowest BCUT2D eigenvalue weighted by Gasteiger charge is -2.35. The van der Waals surface area contributed by atoms with Crippen molar-refractivity contribution in [1.29, 1.82) is 0 Å². The Balaban J connectivity index is 2.85. The van der Waals surface area contributed by atoms with Gasteiger partial charge in [-0.1, -0.05) is 13.8 Å². The number of hydrogen-bond donors (Lipinski definition) is 2. The minimum absolute atomic E-state index is 0.0435. The Labute approximate surface area is 123 Å². The van der Waals surface area contributed by atoms with Crippen LogP contribution in [0.4, 0.5) is 4.79 Å². The first-order valence-corrected chi connectivity index (χ1v) is 9.29. The number of rotatable bonds is 5. The quantitative estimate of drug-likeness (QED) is 0.757. The molecule has 0 spiro atoms. The highest BCUT2D eigenvalue weighted by Gasteiger charge is 2.36. The molecular formula is C11H20N2O5S2. The zero-order valence-corrected chi connectivity index (χ0v) is 13.2. The van der Waals surface area contributed by atoms with Crippen molar-refractivity contribution in [1.82, 2.24) is 10.2 Å². The summed E-state index contributed by atoms with van der Waals surface area (Å²) in [5.41, 5.74) is 0. The number of carbonyl (C=O) groups is 2. The van der Waals surface area contributed by atoms with Gasteiger partial charge >= 0.3 is 12.0 Å². The largest absolute Gasteiger partial charge is 0.480 e. The number of hydrogen-bond acceptors (Lipinski definition) is 5. The van der Waals surface area contributed by atoms with Gasteiger partial charge in [0.25, 0.3) is 0 Å². The minimum atomic E-state index is -3.38. The molecule has 2 N–H and O–H groups in total. The summed E-state index contributed by atoms with van der Waals surface area (Å²) in [6.45, 7) is 3.48. The van der Waals surface area contributed by atoms with E-state index in [1.165, 1.54) is 23.6 Å². The molecule has 1 heterocycles. The maximum absolute atomic E-state index is 12.1. The van der Waals surface area contributed by atoms with Crippen molar-refractivity contribution in [3.05, 3.63) is 0 Å². The molecule has 2 amide bonds. The standard InChI is InChI=1S/C11H20N2O5S2/c1-3-8(10(14)15)12-11(16)13-5-6-19-7-9(13)20(17,18)4-2/h8-9H,3-7H2,1-2H3,(H,12,16)(H,14,15)/t8-,9?/m0/s1. The number of amides is 2. The molecule has 0 aromatic heterocycles. The van der Waals surface area contributed by atoms with E-state index < -0.39 is 33.3 Å². The van der Waals surface area contributed by atoms with Crippen molar-refractivity contribution < 1.29 is 23.1 Å².